The molecule has 0 N–H and O–H groups in total. The Morgan fingerprint density at radius 3 is 2.71 bits per heavy atom. The molecule has 0 unspecified atom stereocenters. The molecule has 1 aromatic carbocycles. The SMILES string of the molecule is Cc1nc(-c2ccccn2)sc1C(=O)Oc1cccc(C(C)C)c1. The summed E-state index contributed by atoms with van der Waals surface area (Å²) in [5.74, 6) is 0.552. The Hall–Kier alpha value is -2.53. The summed E-state index contributed by atoms with van der Waals surface area (Å²) in [6.07, 6.45) is 1.71. The number of esters is 1. The summed E-state index contributed by atoms with van der Waals surface area (Å²) >= 11 is 1.30. The molecule has 0 fully saturated rings. The van der Waals surface area contributed by atoms with Crippen molar-refractivity contribution in [3.05, 3.63) is 64.8 Å². The van der Waals surface area contributed by atoms with Gasteiger partial charge in [0.1, 0.15) is 15.6 Å². The summed E-state index contributed by atoms with van der Waals surface area (Å²) in [7, 11) is 0. The molecule has 3 rings (SSSR count). The lowest BCUT2D eigenvalue weighted by Crippen LogP contribution is -2.08. The number of rotatable bonds is 4. The second-order valence-electron chi connectivity index (χ2n) is 5.77. The Balaban J connectivity index is 1.83. The van der Waals surface area contributed by atoms with Crippen molar-refractivity contribution in [3.63, 3.8) is 0 Å². The number of hydrogen-bond donors (Lipinski definition) is 0. The smallest absolute Gasteiger partial charge is 0.355 e. The Labute approximate surface area is 145 Å². The van der Waals surface area contributed by atoms with Gasteiger partial charge in [-0.05, 0) is 42.7 Å². The van der Waals surface area contributed by atoms with Crippen LogP contribution in [-0.4, -0.2) is 15.9 Å². The van der Waals surface area contributed by atoms with Gasteiger partial charge in [0.25, 0.3) is 0 Å². The van der Waals surface area contributed by atoms with Crippen LogP contribution in [0.2, 0.25) is 0 Å². The van der Waals surface area contributed by atoms with Crippen LogP contribution in [0.15, 0.2) is 48.7 Å². The number of carbonyl (C=O) groups excluding carboxylic acids is 1. The average Bonchev–Trinajstić information content (AvgIpc) is 2.98. The van der Waals surface area contributed by atoms with Crippen LogP contribution in [0.1, 0.15) is 40.7 Å². The molecule has 4 nitrogen and oxygen atoms in total. The van der Waals surface area contributed by atoms with E-state index in [9.17, 15) is 4.79 Å². The first-order chi connectivity index (χ1) is 11.5. The first-order valence-electron chi connectivity index (χ1n) is 7.75. The number of aryl methyl sites for hydroxylation is 1. The molecule has 0 spiro atoms. The predicted molar refractivity (Wildman–Crippen MR) is 95.6 cm³/mol. The Bertz CT molecular complexity index is 857. The highest BCUT2D eigenvalue weighted by molar-refractivity contribution is 7.17. The minimum Gasteiger partial charge on any atom is -0.422 e. The fourth-order valence-electron chi connectivity index (χ4n) is 2.28. The van der Waals surface area contributed by atoms with Gasteiger partial charge in [0, 0.05) is 6.20 Å². The molecule has 0 saturated carbocycles. The molecule has 5 heteroatoms. The summed E-state index contributed by atoms with van der Waals surface area (Å²) in [4.78, 5) is 21.7. The van der Waals surface area contributed by atoms with Crippen molar-refractivity contribution >= 4 is 17.3 Å². The molecule has 0 aliphatic carbocycles. The van der Waals surface area contributed by atoms with Crippen molar-refractivity contribution in [2.24, 2.45) is 0 Å². The number of aromatic nitrogens is 2. The normalized spacial score (nSPS) is 10.8. The highest BCUT2D eigenvalue weighted by Crippen LogP contribution is 2.28. The van der Waals surface area contributed by atoms with E-state index in [0.29, 0.717) is 22.2 Å². The summed E-state index contributed by atoms with van der Waals surface area (Å²) in [6.45, 7) is 6.02. The lowest BCUT2D eigenvalue weighted by molar-refractivity contribution is 0.0738. The minimum absolute atomic E-state index is 0.379. The molecule has 0 aliphatic heterocycles. The number of ether oxygens (including phenoxy) is 1. The zero-order valence-electron chi connectivity index (χ0n) is 13.8. The Kier molecular flexibility index (Phi) is 4.71. The van der Waals surface area contributed by atoms with E-state index < -0.39 is 0 Å². The van der Waals surface area contributed by atoms with Crippen molar-refractivity contribution in [3.8, 4) is 16.5 Å². The molecule has 2 heterocycles. The van der Waals surface area contributed by atoms with Gasteiger partial charge in [-0.1, -0.05) is 32.0 Å². The standard InChI is InChI=1S/C19H18N2O2S/c1-12(2)14-7-6-8-15(11-14)23-19(22)17-13(3)21-18(24-17)16-9-4-5-10-20-16/h4-12H,1-3H3. The first-order valence-corrected chi connectivity index (χ1v) is 8.57. The van der Waals surface area contributed by atoms with Crippen LogP contribution in [-0.2, 0) is 0 Å². The van der Waals surface area contributed by atoms with Gasteiger partial charge in [-0.3, -0.25) is 4.98 Å². The third-order valence-electron chi connectivity index (χ3n) is 3.60. The fraction of sp³-hybridized carbons (Fsp3) is 0.211. The highest BCUT2D eigenvalue weighted by atomic mass is 32.1. The minimum atomic E-state index is -0.381. The van der Waals surface area contributed by atoms with E-state index >= 15 is 0 Å². The molecule has 2 aromatic heterocycles. The third-order valence-corrected chi connectivity index (χ3v) is 4.76. The number of hydrogen-bond acceptors (Lipinski definition) is 5. The van der Waals surface area contributed by atoms with Gasteiger partial charge >= 0.3 is 5.97 Å². The largest absolute Gasteiger partial charge is 0.422 e. The van der Waals surface area contributed by atoms with E-state index in [4.69, 9.17) is 4.74 Å². The summed E-state index contributed by atoms with van der Waals surface area (Å²) in [5.41, 5.74) is 2.55. The number of thiazole rings is 1. The molecule has 3 aromatic rings. The van der Waals surface area contributed by atoms with Gasteiger partial charge in [0.05, 0.1) is 11.4 Å². The van der Waals surface area contributed by atoms with Crippen molar-refractivity contribution in [2.45, 2.75) is 26.7 Å². The fourth-order valence-corrected chi connectivity index (χ4v) is 3.19. The van der Waals surface area contributed by atoms with Gasteiger partial charge in [-0.2, -0.15) is 0 Å². The zero-order valence-corrected chi connectivity index (χ0v) is 14.6. The van der Waals surface area contributed by atoms with Crippen LogP contribution >= 0.6 is 11.3 Å². The van der Waals surface area contributed by atoms with E-state index in [1.165, 1.54) is 11.3 Å². The highest BCUT2D eigenvalue weighted by Gasteiger charge is 2.19. The Morgan fingerprint density at radius 2 is 2.00 bits per heavy atom. The maximum absolute atomic E-state index is 12.5. The maximum atomic E-state index is 12.5. The first kappa shape index (κ1) is 16.3. The van der Waals surface area contributed by atoms with Crippen molar-refractivity contribution < 1.29 is 9.53 Å². The summed E-state index contributed by atoms with van der Waals surface area (Å²) in [5, 5.41) is 0.719. The average molecular weight is 338 g/mol. The van der Waals surface area contributed by atoms with Gasteiger partial charge in [0.2, 0.25) is 0 Å². The van der Waals surface area contributed by atoms with E-state index in [1.54, 1.807) is 12.3 Å². The van der Waals surface area contributed by atoms with E-state index in [1.807, 2.05) is 43.3 Å². The Morgan fingerprint density at radius 1 is 1.17 bits per heavy atom. The van der Waals surface area contributed by atoms with E-state index in [2.05, 4.69) is 23.8 Å². The van der Waals surface area contributed by atoms with Crippen molar-refractivity contribution in [1.29, 1.82) is 0 Å². The van der Waals surface area contributed by atoms with E-state index in [0.717, 1.165) is 16.3 Å². The van der Waals surface area contributed by atoms with Crippen molar-refractivity contribution in [2.75, 3.05) is 0 Å². The van der Waals surface area contributed by atoms with Crippen molar-refractivity contribution in [1.82, 2.24) is 9.97 Å². The molecule has 0 radical (unpaired) electrons. The second-order valence-corrected chi connectivity index (χ2v) is 6.76. The lowest BCUT2D eigenvalue weighted by Gasteiger charge is -2.08. The number of benzene rings is 1. The van der Waals surface area contributed by atoms with Crippen LogP contribution in [0.25, 0.3) is 10.7 Å². The molecule has 122 valence electrons. The summed E-state index contributed by atoms with van der Waals surface area (Å²) < 4.78 is 5.53. The van der Waals surface area contributed by atoms with Crippen LogP contribution in [0.5, 0.6) is 5.75 Å². The molecule has 0 atom stereocenters. The van der Waals surface area contributed by atoms with Gasteiger partial charge < -0.3 is 4.74 Å². The molecular formula is C19H18N2O2S. The topological polar surface area (TPSA) is 52.1 Å². The van der Waals surface area contributed by atoms with Crippen LogP contribution in [0.4, 0.5) is 0 Å². The van der Waals surface area contributed by atoms with E-state index in [-0.39, 0.29) is 5.97 Å². The maximum Gasteiger partial charge on any atom is 0.355 e. The van der Waals surface area contributed by atoms with Crippen LogP contribution in [0, 0.1) is 6.92 Å². The van der Waals surface area contributed by atoms with Gasteiger partial charge in [-0.25, -0.2) is 9.78 Å². The second kappa shape index (κ2) is 6.93. The van der Waals surface area contributed by atoms with Gasteiger partial charge in [-0.15, -0.1) is 11.3 Å². The predicted octanol–water partition coefficient (Wildman–Crippen LogP) is 4.86. The molecule has 0 amide bonds. The van der Waals surface area contributed by atoms with Gasteiger partial charge in [0.15, 0.2) is 0 Å². The summed E-state index contributed by atoms with van der Waals surface area (Å²) in [6, 6.07) is 13.2. The lowest BCUT2D eigenvalue weighted by atomic mass is 10.0. The molecule has 0 aliphatic rings. The molecule has 0 bridgehead atoms. The van der Waals surface area contributed by atoms with Crippen LogP contribution in [0.3, 0.4) is 0 Å². The monoisotopic (exact) mass is 338 g/mol. The zero-order chi connectivity index (χ0) is 17.1. The molecular weight excluding hydrogens is 320 g/mol. The number of pyridine rings is 1. The number of nitrogens with zero attached hydrogens (tertiary/aromatic N) is 2. The molecule has 0 saturated heterocycles. The number of carbonyl (C=O) groups is 1. The molecule has 24 heavy (non-hydrogen) atoms. The third kappa shape index (κ3) is 3.51. The quantitative estimate of drug-likeness (QED) is 0.504. The van der Waals surface area contributed by atoms with Crippen LogP contribution < -0.4 is 4.74 Å².